The van der Waals surface area contributed by atoms with Crippen LogP contribution >= 0.6 is 0 Å². The van der Waals surface area contributed by atoms with Gasteiger partial charge >= 0.3 is 0 Å². The molecule has 0 bridgehead atoms. The second-order valence-electron chi connectivity index (χ2n) is 3.82. The van der Waals surface area contributed by atoms with E-state index in [4.69, 9.17) is 4.52 Å². The topological polar surface area (TPSA) is 77.0 Å². The van der Waals surface area contributed by atoms with E-state index < -0.39 is 6.10 Å². The van der Waals surface area contributed by atoms with Crippen LogP contribution in [0.15, 0.2) is 10.6 Å². The predicted octanol–water partition coefficient (Wildman–Crippen LogP) is 1.57. The highest BCUT2D eigenvalue weighted by molar-refractivity contribution is 5.48. The van der Waals surface area contributed by atoms with Gasteiger partial charge in [0, 0.05) is 6.54 Å². The Morgan fingerprint density at radius 1 is 1.47 bits per heavy atom. The molecule has 1 unspecified atom stereocenters. The summed E-state index contributed by atoms with van der Waals surface area (Å²) in [6, 6.07) is 1.93. The van der Waals surface area contributed by atoms with Crippen LogP contribution in [0.25, 0.3) is 11.6 Å². The Labute approximate surface area is 99.3 Å². The Balaban J connectivity index is 2.40. The minimum absolute atomic E-state index is 0.293. The maximum atomic E-state index is 9.35. The van der Waals surface area contributed by atoms with Gasteiger partial charge in [0.15, 0.2) is 5.82 Å². The maximum absolute atomic E-state index is 9.35. The van der Waals surface area contributed by atoms with Gasteiger partial charge in [0.2, 0.25) is 0 Å². The second kappa shape index (κ2) is 4.67. The van der Waals surface area contributed by atoms with Gasteiger partial charge in [-0.1, -0.05) is 12.1 Å². The van der Waals surface area contributed by atoms with Gasteiger partial charge < -0.3 is 9.63 Å². The van der Waals surface area contributed by atoms with Crippen LogP contribution in [0.4, 0.5) is 0 Å². The Bertz CT molecular complexity index is 501. The van der Waals surface area contributed by atoms with Crippen molar-refractivity contribution in [3.8, 4) is 11.6 Å². The summed E-state index contributed by atoms with van der Waals surface area (Å²) in [5.41, 5.74) is 1.78. The van der Waals surface area contributed by atoms with Crippen molar-refractivity contribution in [2.45, 2.75) is 39.8 Å². The number of hydrogen-bond donors (Lipinski definition) is 1. The average molecular weight is 236 g/mol. The van der Waals surface area contributed by atoms with Crippen molar-refractivity contribution in [3.05, 3.63) is 17.6 Å². The largest absolute Gasteiger partial charge is 0.385 e. The Morgan fingerprint density at radius 2 is 2.24 bits per heavy atom. The highest BCUT2D eigenvalue weighted by atomic mass is 16.5. The molecule has 2 rings (SSSR count). The third kappa shape index (κ3) is 2.21. The average Bonchev–Trinajstić information content (AvgIpc) is 2.94. The summed E-state index contributed by atoms with van der Waals surface area (Å²) in [6.45, 7) is 6.38. The van der Waals surface area contributed by atoms with Crippen LogP contribution in [0.5, 0.6) is 0 Å². The van der Waals surface area contributed by atoms with Crippen LogP contribution < -0.4 is 0 Å². The van der Waals surface area contributed by atoms with Gasteiger partial charge in [0.1, 0.15) is 11.8 Å². The number of hydrogen-bond acceptors (Lipinski definition) is 5. The molecule has 0 saturated carbocycles. The van der Waals surface area contributed by atoms with E-state index in [2.05, 4.69) is 15.2 Å². The molecule has 1 atom stereocenters. The molecule has 92 valence electrons. The standard InChI is InChI=1S/C11H16N4O2/c1-4-8-6-9(15(5-2)13-8)11-12-10(7(3)16)14-17-11/h6-7,16H,4-5H2,1-3H3. The maximum Gasteiger partial charge on any atom is 0.276 e. The van der Waals surface area contributed by atoms with Gasteiger partial charge in [-0.3, -0.25) is 4.68 Å². The fourth-order valence-electron chi connectivity index (χ4n) is 1.56. The second-order valence-corrected chi connectivity index (χ2v) is 3.82. The SMILES string of the molecule is CCc1cc(-c2nc(C(C)O)no2)n(CC)n1. The van der Waals surface area contributed by atoms with Crippen molar-refractivity contribution in [1.82, 2.24) is 19.9 Å². The van der Waals surface area contributed by atoms with Crippen molar-refractivity contribution in [2.24, 2.45) is 0 Å². The third-order valence-corrected chi connectivity index (χ3v) is 2.53. The van der Waals surface area contributed by atoms with Crippen molar-refractivity contribution in [3.63, 3.8) is 0 Å². The first-order chi connectivity index (χ1) is 8.15. The van der Waals surface area contributed by atoms with Gasteiger partial charge in [-0.05, 0) is 26.3 Å². The highest BCUT2D eigenvalue weighted by Gasteiger charge is 2.17. The first-order valence-corrected chi connectivity index (χ1v) is 5.74. The number of aromatic nitrogens is 4. The summed E-state index contributed by atoms with van der Waals surface area (Å²) in [4.78, 5) is 4.15. The summed E-state index contributed by atoms with van der Waals surface area (Å²) in [7, 11) is 0. The lowest BCUT2D eigenvalue weighted by atomic mass is 10.3. The molecule has 0 amide bonds. The van der Waals surface area contributed by atoms with E-state index in [1.54, 1.807) is 6.92 Å². The summed E-state index contributed by atoms with van der Waals surface area (Å²) in [5.74, 6) is 0.692. The van der Waals surface area contributed by atoms with E-state index in [1.165, 1.54) is 0 Å². The van der Waals surface area contributed by atoms with Gasteiger partial charge in [-0.15, -0.1) is 0 Å². The number of rotatable bonds is 4. The monoisotopic (exact) mass is 236 g/mol. The molecule has 0 aliphatic rings. The molecule has 2 aromatic heterocycles. The smallest absolute Gasteiger partial charge is 0.276 e. The lowest BCUT2D eigenvalue weighted by Gasteiger charge is -1.98. The van der Waals surface area contributed by atoms with Gasteiger partial charge in [0.05, 0.1) is 5.69 Å². The molecule has 0 spiro atoms. The van der Waals surface area contributed by atoms with Crippen molar-refractivity contribution in [1.29, 1.82) is 0 Å². The number of aliphatic hydroxyl groups excluding tert-OH is 1. The molecule has 0 aromatic carbocycles. The summed E-state index contributed by atoms with van der Waals surface area (Å²) in [5, 5.41) is 17.5. The molecular weight excluding hydrogens is 220 g/mol. The Kier molecular flexibility index (Phi) is 3.23. The molecule has 0 radical (unpaired) electrons. The number of aryl methyl sites for hydroxylation is 2. The summed E-state index contributed by atoms with van der Waals surface area (Å²) in [6.07, 6.45) is 0.133. The summed E-state index contributed by atoms with van der Waals surface area (Å²) < 4.78 is 6.95. The van der Waals surface area contributed by atoms with Gasteiger partial charge in [0.25, 0.3) is 5.89 Å². The first kappa shape index (κ1) is 11.8. The van der Waals surface area contributed by atoms with Gasteiger partial charge in [-0.2, -0.15) is 10.1 Å². The van der Waals surface area contributed by atoms with E-state index in [9.17, 15) is 5.11 Å². The molecule has 6 heteroatoms. The van der Waals surface area contributed by atoms with Crippen molar-refractivity contribution in [2.75, 3.05) is 0 Å². The molecule has 6 nitrogen and oxygen atoms in total. The molecule has 17 heavy (non-hydrogen) atoms. The van der Waals surface area contributed by atoms with Crippen LogP contribution in [0.3, 0.4) is 0 Å². The molecular formula is C11H16N4O2. The van der Waals surface area contributed by atoms with Crippen LogP contribution in [-0.4, -0.2) is 25.0 Å². The molecule has 0 aliphatic carbocycles. The van der Waals surface area contributed by atoms with Crippen molar-refractivity contribution >= 4 is 0 Å². The fourth-order valence-corrected chi connectivity index (χ4v) is 1.56. The number of aliphatic hydroxyl groups is 1. The van der Waals surface area contributed by atoms with E-state index in [0.29, 0.717) is 11.7 Å². The minimum atomic E-state index is -0.726. The van der Waals surface area contributed by atoms with E-state index >= 15 is 0 Å². The predicted molar refractivity (Wildman–Crippen MR) is 61.2 cm³/mol. The Hall–Kier alpha value is -1.69. The van der Waals surface area contributed by atoms with Crippen LogP contribution in [0.2, 0.25) is 0 Å². The Morgan fingerprint density at radius 3 is 2.76 bits per heavy atom. The van der Waals surface area contributed by atoms with Crippen LogP contribution in [0, 0.1) is 0 Å². The molecule has 0 saturated heterocycles. The van der Waals surface area contributed by atoms with E-state index in [1.807, 2.05) is 24.6 Å². The van der Waals surface area contributed by atoms with Gasteiger partial charge in [-0.25, -0.2) is 0 Å². The normalized spacial score (nSPS) is 12.9. The van der Waals surface area contributed by atoms with Crippen LogP contribution in [0.1, 0.15) is 38.4 Å². The van der Waals surface area contributed by atoms with Crippen molar-refractivity contribution < 1.29 is 9.63 Å². The molecule has 0 fully saturated rings. The lowest BCUT2D eigenvalue weighted by Crippen LogP contribution is -2.00. The summed E-state index contributed by atoms with van der Waals surface area (Å²) >= 11 is 0. The van der Waals surface area contributed by atoms with Crippen LogP contribution in [-0.2, 0) is 13.0 Å². The van der Waals surface area contributed by atoms with E-state index in [-0.39, 0.29) is 0 Å². The molecule has 2 heterocycles. The molecule has 1 N–H and O–H groups in total. The zero-order valence-corrected chi connectivity index (χ0v) is 10.2. The highest BCUT2D eigenvalue weighted by Crippen LogP contribution is 2.20. The minimum Gasteiger partial charge on any atom is -0.385 e. The van der Waals surface area contributed by atoms with E-state index in [0.717, 1.165) is 24.4 Å². The first-order valence-electron chi connectivity index (χ1n) is 5.74. The third-order valence-electron chi connectivity index (χ3n) is 2.53. The fraction of sp³-hybridized carbons (Fsp3) is 0.545. The molecule has 2 aromatic rings. The zero-order valence-electron chi connectivity index (χ0n) is 10.2. The zero-order chi connectivity index (χ0) is 12.4. The molecule has 0 aliphatic heterocycles. The quantitative estimate of drug-likeness (QED) is 0.871. The number of nitrogens with zero attached hydrogens (tertiary/aromatic N) is 4. The lowest BCUT2D eigenvalue weighted by molar-refractivity contribution is 0.184.